The molecule has 2 aromatic rings. The number of alkyl halides is 1. The van der Waals surface area contributed by atoms with E-state index in [4.69, 9.17) is 31.0 Å². The molecule has 1 aromatic heterocycles. The summed E-state index contributed by atoms with van der Waals surface area (Å²) in [6, 6.07) is 7.97. The number of nitrogens with zero attached hydrogens (tertiary/aromatic N) is 4. The van der Waals surface area contributed by atoms with Crippen LogP contribution in [0.5, 0.6) is 5.75 Å². The topological polar surface area (TPSA) is 67.8 Å². The van der Waals surface area contributed by atoms with Gasteiger partial charge in [0.05, 0.1) is 32.6 Å². The summed E-state index contributed by atoms with van der Waals surface area (Å²) < 4.78 is 10.8. The highest BCUT2D eigenvalue weighted by molar-refractivity contribution is 6.27. The summed E-state index contributed by atoms with van der Waals surface area (Å²) >= 11 is 5.78. The molecule has 1 saturated heterocycles. The van der Waals surface area contributed by atoms with E-state index >= 15 is 0 Å². The van der Waals surface area contributed by atoms with Crippen molar-refractivity contribution in [1.82, 2.24) is 14.9 Å². The van der Waals surface area contributed by atoms with E-state index in [-0.39, 0.29) is 11.8 Å². The van der Waals surface area contributed by atoms with Crippen LogP contribution in [0.2, 0.25) is 0 Å². The maximum Gasteiger partial charge on any atom is 0.237 e. The molecule has 2 aliphatic heterocycles. The molecule has 3 heterocycles. The maximum atomic E-state index is 12.1. The minimum absolute atomic E-state index is 0.00297. The van der Waals surface area contributed by atoms with E-state index in [0.717, 1.165) is 47.3 Å². The van der Waals surface area contributed by atoms with Crippen molar-refractivity contribution in [2.24, 2.45) is 0 Å². The first-order valence-corrected chi connectivity index (χ1v) is 10.4. The molecule has 0 atom stereocenters. The number of rotatable bonds is 5. The molecule has 0 spiro atoms. The smallest absolute Gasteiger partial charge is 0.237 e. The predicted molar refractivity (Wildman–Crippen MR) is 111 cm³/mol. The summed E-state index contributed by atoms with van der Waals surface area (Å²) in [5, 5.41) is 0. The Labute approximate surface area is 175 Å². The van der Waals surface area contributed by atoms with Crippen LogP contribution in [0.1, 0.15) is 22.6 Å². The van der Waals surface area contributed by atoms with Gasteiger partial charge < -0.3 is 19.3 Å². The summed E-state index contributed by atoms with van der Waals surface area (Å²) in [6.07, 6.45) is 1.34. The first-order valence-electron chi connectivity index (χ1n) is 9.86. The molecule has 1 aromatic carbocycles. The van der Waals surface area contributed by atoms with Gasteiger partial charge >= 0.3 is 0 Å². The Hall–Kier alpha value is -2.38. The number of carbonyl (C=O) groups is 1. The van der Waals surface area contributed by atoms with E-state index in [1.165, 1.54) is 0 Å². The fourth-order valence-electron chi connectivity index (χ4n) is 3.82. The van der Waals surface area contributed by atoms with Gasteiger partial charge in [0.15, 0.2) is 0 Å². The molecule has 0 saturated carbocycles. The lowest BCUT2D eigenvalue weighted by Crippen LogP contribution is -2.41. The van der Waals surface area contributed by atoms with Gasteiger partial charge in [-0.15, -0.1) is 11.6 Å². The molecule has 8 heteroatoms. The van der Waals surface area contributed by atoms with Gasteiger partial charge in [-0.1, -0.05) is 12.1 Å². The Morgan fingerprint density at radius 3 is 2.83 bits per heavy atom. The highest BCUT2D eigenvalue weighted by atomic mass is 35.5. The van der Waals surface area contributed by atoms with Crippen molar-refractivity contribution in [2.45, 2.75) is 19.4 Å². The lowest BCUT2D eigenvalue weighted by molar-refractivity contribution is -0.129. The maximum absolute atomic E-state index is 12.1. The molecular formula is C21H25ClN4O3. The zero-order valence-electron chi connectivity index (χ0n) is 16.6. The third-order valence-corrected chi connectivity index (χ3v) is 5.59. The van der Waals surface area contributed by atoms with Crippen LogP contribution in [0.4, 0.5) is 5.82 Å². The number of benzene rings is 1. The minimum atomic E-state index is -0.0503. The van der Waals surface area contributed by atoms with Gasteiger partial charge in [0.25, 0.3) is 0 Å². The Kier molecular flexibility index (Phi) is 6.16. The third-order valence-electron chi connectivity index (χ3n) is 5.36. The fraction of sp³-hybridized carbons (Fsp3) is 0.476. The molecule has 154 valence electrons. The van der Waals surface area contributed by atoms with E-state index in [2.05, 4.69) is 11.0 Å². The second-order valence-electron chi connectivity index (χ2n) is 7.22. The molecule has 1 fully saturated rings. The number of fused-ring (bicyclic) bond motifs is 1. The van der Waals surface area contributed by atoms with Crippen LogP contribution >= 0.6 is 11.6 Å². The summed E-state index contributed by atoms with van der Waals surface area (Å²) in [5.41, 5.74) is 3.16. The predicted octanol–water partition coefficient (Wildman–Crippen LogP) is 2.04. The molecule has 1 amide bonds. The third kappa shape index (κ3) is 4.46. The molecule has 0 radical (unpaired) electrons. The Bertz CT molecular complexity index is 886. The van der Waals surface area contributed by atoms with Gasteiger partial charge in [0.2, 0.25) is 5.91 Å². The molecule has 4 rings (SSSR count). The summed E-state index contributed by atoms with van der Waals surface area (Å²) in [5.74, 6) is 2.48. The van der Waals surface area contributed by atoms with E-state index < -0.39 is 0 Å². The fourth-order valence-corrected chi connectivity index (χ4v) is 3.99. The number of halogens is 1. The number of hydrogen-bond donors (Lipinski definition) is 0. The Morgan fingerprint density at radius 1 is 1.24 bits per heavy atom. The number of anilines is 1. The standard InChI is InChI=1S/C21H25ClN4O3/c1-28-16-4-2-3-15(11-16)12-19-23-18-5-6-26(20(27)13-22)14-17(18)21(24-19)25-7-9-29-10-8-25/h2-4,11H,5-10,12-14H2,1H3. The van der Waals surface area contributed by atoms with Gasteiger partial charge in [-0.05, 0) is 17.7 Å². The summed E-state index contributed by atoms with van der Waals surface area (Å²) in [4.78, 5) is 26.0. The van der Waals surface area contributed by atoms with Crippen molar-refractivity contribution >= 4 is 23.3 Å². The Morgan fingerprint density at radius 2 is 2.07 bits per heavy atom. The largest absolute Gasteiger partial charge is 0.497 e. The molecule has 0 bridgehead atoms. The van der Waals surface area contributed by atoms with Crippen LogP contribution in [-0.4, -0.2) is 66.6 Å². The second-order valence-corrected chi connectivity index (χ2v) is 7.48. The van der Waals surface area contributed by atoms with Crippen LogP contribution in [0.15, 0.2) is 24.3 Å². The van der Waals surface area contributed by atoms with Gasteiger partial charge in [0, 0.05) is 38.0 Å². The van der Waals surface area contributed by atoms with Crippen molar-refractivity contribution in [1.29, 1.82) is 0 Å². The first-order chi connectivity index (χ1) is 14.2. The van der Waals surface area contributed by atoms with Crippen molar-refractivity contribution in [3.63, 3.8) is 0 Å². The molecule has 0 N–H and O–H groups in total. The zero-order valence-corrected chi connectivity index (χ0v) is 17.3. The molecule has 2 aliphatic rings. The van der Waals surface area contributed by atoms with Gasteiger partial charge in [0.1, 0.15) is 23.3 Å². The van der Waals surface area contributed by atoms with Crippen LogP contribution in [-0.2, 0) is 28.9 Å². The van der Waals surface area contributed by atoms with Crippen molar-refractivity contribution in [3.05, 3.63) is 46.9 Å². The number of ether oxygens (including phenoxy) is 2. The summed E-state index contributed by atoms with van der Waals surface area (Å²) in [6.45, 7) is 4.06. The number of methoxy groups -OCH3 is 1. The molecule has 0 unspecified atom stereocenters. The quantitative estimate of drug-likeness (QED) is 0.695. The van der Waals surface area contributed by atoms with Crippen LogP contribution < -0.4 is 9.64 Å². The lowest BCUT2D eigenvalue weighted by Gasteiger charge is -2.34. The van der Waals surface area contributed by atoms with Crippen LogP contribution in [0, 0.1) is 0 Å². The van der Waals surface area contributed by atoms with Gasteiger partial charge in [-0.2, -0.15) is 0 Å². The van der Waals surface area contributed by atoms with E-state index in [0.29, 0.717) is 39.1 Å². The summed E-state index contributed by atoms with van der Waals surface area (Å²) in [7, 11) is 1.67. The van der Waals surface area contributed by atoms with Gasteiger partial charge in [-0.3, -0.25) is 4.79 Å². The highest BCUT2D eigenvalue weighted by Gasteiger charge is 2.28. The zero-order chi connectivity index (χ0) is 20.2. The first kappa shape index (κ1) is 19.9. The average molecular weight is 417 g/mol. The van der Waals surface area contributed by atoms with E-state index in [1.807, 2.05) is 18.2 Å². The van der Waals surface area contributed by atoms with Crippen LogP contribution in [0.25, 0.3) is 0 Å². The molecule has 29 heavy (non-hydrogen) atoms. The van der Waals surface area contributed by atoms with E-state index in [1.54, 1.807) is 12.0 Å². The Balaban J connectivity index is 1.68. The number of hydrogen-bond acceptors (Lipinski definition) is 6. The van der Waals surface area contributed by atoms with Crippen LogP contribution in [0.3, 0.4) is 0 Å². The number of morpholine rings is 1. The van der Waals surface area contributed by atoms with Crippen molar-refractivity contribution in [3.8, 4) is 5.75 Å². The number of amides is 1. The molecule has 7 nitrogen and oxygen atoms in total. The monoisotopic (exact) mass is 416 g/mol. The second kappa shape index (κ2) is 8.97. The van der Waals surface area contributed by atoms with Gasteiger partial charge in [-0.25, -0.2) is 9.97 Å². The number of aromatic nitrogens is 2. The van der Waals surface area contributed by atoms with E-state index in [9.17, 15) is 4.79 Å². The SMILES string of the molecule is COc1cccc(Cc2nc3c(c(N4CCOCC4)n2)CN(C(=O)CCl)CC3)c1. The molecule has 0 aliphatic carbocycles. The highest BCUT2D eigenvalue weighted by Crippen LogP contribution is 2.28. The molecular weight excluding hydrogens is 392 g/mol. The normalized spacial score (nSPS) is 16.5. The van der Waals surface area contributed by atoms with Crippen molar-refractivity contribution in [2.75, 3.05) is 50.7 Å². The minimum Gasteiger partial charge on any atom is -0.497 e. The lowest BCUT2D eigenvalue weighted by atomic mass is 10.0. The average Bonchev–Trinajstić information content (AvgIpc) is 2.78. The number of carbonyl (C=O) groups excluding carboxylic acids is 1. The van der Waals surface area contributed by atoms with Crippen molar-refractivity contribution < 1.29 is 14.3 Å².